The maximum absolute atomic E-state index is 12.7. The highest BCUT2D eigenvalue weighted by Gasteiger charge is 2.42. The van der Waals surface area contributed by atoms with Crippen LogP contribution in [0.1, 0.15) is 25.5 Å². The number of alkyl halides is 1. The summed E-state index contributed by atoms with van der Waals surface area (Å²) in [4.78, 5) is 0.336. The molecule has 3 unspecified atom stereocenters. The van der Waals surface area contributed by atoms with E-state index in [9.17, 15) is 4.39 Å². The lowest BCUT2D eigenvalue weighted by Gasteiger charge is -2.44. The lowest BCUT2D eigenvalue weighted by Crippen LogP contribution is -2.46. The van der Waals surface area contributed by atoms with Crippen LogP contribution in [-0.2, 0) is 4.74 Å². The van der Waals surface area contributed by atoms with Gasteiger partial charge in [0.15, 0.2) is 0 Å². The van der Waals surface area contributed by atoms with Gasteiger partial charge in [-0.15, -0.1) is 0 Å². The molecular formula is C12H14BrFO. The molecule has 0 aliphatic carbocycles. The molecule has 3 heteroatoms. The Balaban J connectivity index is 2.06. The van der Waals surface area contributed by atoms with Crippen molar-refractivity contribution in [3.8, 4) is 0 Å². The molecule has 1 heterocycles. The van der Waals surface area contributed by atoms with E-state index in [0.717, 1.165) is 5.56 Å². The van der Waals surface area contributed by atoms with Crippen LogP contribution < -0.4 is 0 Å². The summed E-state index contributed by atoms with van der Waals surface area (Å²) in [5, 5.41) is 0. The molecule has 0 saturated carbocycles. The molecule has 0 radical (unpaired) electrons. The summed E-state index contributed by atoms with van der Waals surface area (Å²) in [6.07, 6.45) is 0.332. The van der Waals surface area contributed by atoms with Gasteiger partial charge in [-0.3, -0.25) is 0 Å². The Bertz CT molecular complexity index is 336. The van der Waals surface area contributed by atoms with Crippen molar-refractivity contribution < 1.29 is 9.13 Å². The molecule has 2 rings (SSSR count). The molecule has 0 N–H and O–H groups in total. The van der Waals surface area contributed by atoms with E-state index in [1.807, 2.05) is 0 Å². The van der Waals surface area contributed by atoms with Crippen molar-refractivity contribution in [1.82, 2.24) is 0 Å². The summed E-state index contributed by atoms with van der Waals surface area (Å²) >= 11 is 3.63. The number of ether oxygens (including phenoxy) is 1. The molecule has 0 bridgehead atoms. The van der Waals surface area contributed by atoms with Crippen LogP contribution in [0.25, 0.3) is 0 Å². The Morgan fingerprint density at radius 3 is 2.33 bits per heavy atom. The van der Waals surface area contributed by atoms with Crippen molar-refractivity contribution in [2.24, 2.45) is 5.92 Å². The highest BCUT2D eigenvalue weighted by Crippen LogP contribution is 2.43. The van der Waals surface area contributed by atoms with Crippen molar-refractivity contribution in [1.29, 1.82) is 0 Å². The monoisotopic (exact) mass is 272 g/mol. The number of rotatable bonds is 2. The third-order valence-corrected chi connectivity index (χ3v) is 3.76. The fourth-order valence-electron chi connectivity index (χ4n) is 1.84. The van der Waals surface area contributed by atoms with E-state index in [-0.39, 0.29) is 18.0 Å². The summed E-state index contributed by atoms with van der Waals surface area (Å²) < 4.78 is 18.5. The van der Waals surface area contributed by atoms with Crippen molar-refractivity contribution in [2.45, 2.75) is 30.9 Å². The molecule has 1 saturated heterocycles. The topological polar surface area (TPSA) is 9.23 Å². The molecule has 1 aromatic rings. The Morgan fingerprint density at radius 2 is 1.87 bits per heavy atom. The molecule has 3 atom stereocenters. The average molecular weight is 273 g/mol. The quantitative estimate of drug-likeness (QED) is 0.747. The van der Waals surface area contributed by atoms with Gasteiger partial charge in [0.2, 0.25) is 0 Å². The molecule has 0 spiro atoms. The summed E-state index contributed by atoms with van der Waals surface area (Å²) in [6.45, 7) is 4.28. The van der Waals surface area contributed by atoms with Crippen LogP contribution in [0, 0.1) is 11.7 Å². The molecule has 0 amide bonds. The largest absolute Gasteiger partial charge is 0.367 e. The van der Waals surface area contributed by atoms with E-state index in [1.54, 1.807) is 12.1 Å². The van der Waals surface area contributed by atoms with Crippen LogP contribution in [0.4, 0.5) is 4.39 Å². The van der Waals surface area contributed by atoms with Gasteiger partial charge < -0.3 is 4.74 Å². The van der Waals surface area contributed by atoms with Crippen molar-refractivity contribution in [3.05, 3.63) is 35.6 Å². The predicted molar refractivity (Wildman–Crippen MR) is 61.6 cm³/mol. The molecule has 82 valence electrons. The number of hydrogen-bond donors (Lipinski definition) is 0. The lowest BCUT2D eigenvalue weighted by molar-refractivity contribution is -0.136. The minimum atomic E-state index is -0.204. The fourth-order valence-corrected chi connectivity index (χ4v) is 3.01. The van der Waals surface area contributed by atoms with Crippen LogP contribution in [-0.4, -0.2) is 10.9 Å². The number of benzene rings is 1. The fraction of sp³-hybridized carbons (Fsp3) is 0.500. The normalized spacial score (nSPS) is 30.3. The molecule has 0 aromatic heterocycles. The second kappa shape index (κ2) is 4.22. The summed E-state index contributed by atoms with van der Waals surface area (Å²) in [6, 6.07) is 6.51. The van der Waals surface area contributed by atoms with Crippen LogP contribution in [0.3, 0.4) is 0 Å². The smallest absolute Gasteiger partial charge is 0.123 e. The van der Waals surface area contributed by atoms with Crippen molar-refractivity contribution in [2.75, 3.05) is 0 Å². The second-order valence-electron chi connectivity index (χ2n) is 4.26. The summed E-state index contributed by atoms with van der Waals surface area (Å²) in [7, 11) is 0. The van der Waals surface area contributed by atoms with Gasteiger partial charge in [-0.2, -0.15) is 0 Å². The molecule has 15 heavy (non-hydrogen) atoms. The van der Waals surface area contributed by atoms with E-state index < -0.39 is 0 Å². The van der Waals surface area contributed by atoms with Crippen LogP contribution >= 0.6 is 15.9 Å². The maximum atomic E-state index is 12.7. The lowest BCUT2D eigenvalue weighted by atomic mass is 9.91. The van der Waals surface area contributed by atoms with Gasteiger partial charge in [-0.05, 0) is 23.6 Å². The van der Waals surface area contributed by atoms with Gasteiger partial charge in [0.1, 0.15) is 5.82 Å². The number of halogens is 2. The van der Waals surface area contributed by atoms with Crippen molar-refractivity contribution in [3.63, 3.8) is 0 Å². The van der Waals surface area contributed by atoms with E-state index in [1.165, 1.54) is 12.1 Å². The predicted octanol–water partition coefficient (Wildman–Crippen LogP) is 3.69. The first-order valence-electron chi connectivity index (χ1n) is 5.14. The third kappa shape index (κ3) is 2.08. The van der Waals surface area contributed by atoms with Gasteiger partial charge in [0.25, 0.3) is 0 Å². The van der Waals surface area contributed by atoms with Crippen LogP contribution in [0.5, 0.6) is 0 Å². The van der Waals surface area contributed by atoms with E-state index in [0.29, 0.717) is 10.7 Å². The first-order chi connectivity index (χ1) is 7.09. The van der Waals surface area contributed by atoms with Gasteiger partial charge in [0.05, 0.1) is 17.0 Å². The molecule has 1 aliphatic heterocycles. The Morgan fingerprint density at radius 1 is 1.27 bits per heavy atom. The minimum Gasteiger partial charge on any atom is -0.367 e. The summed E-state index contributed by atoms with van der Waals surface area (Å²) in [5.74, 6) is 0.302. The molecule has 1 aromatic carbocycles. The van der Waals surface area contributed by atoms with Gasteiger partial charge in [-0.25, -0.2) is 4.39 Å². The third-order valence-electron chi connectivity index (χ3n) is 2.76. The van der Waals surface area contributed by atoms with E-state index in [4.69, 9.17) is 4.74 Å². The highest BCUT2D eigenvalue weighted by atomic mass is 79.9. The SMILES string of the molecule is CC(C)C1OC(c2ccc(F)cc2)C1Br. The standard InChI is InChI=1S/C12H14BrFO/c1-7(2)11-10(13)12(15-11)8-3-5-9(14)6-4-8/h3-7,10-12H,1-2H3. The zero-order valence-corrected chi connectivity index (χ0v) is 10.4. The van der Waals surface area contributed by atoms with Crippen LogP contribution in [0.15, 0.2) is 24.3 Å². The Hall–Kier alpha value is -0.410. The zero-order valence-electron chi connectivity index (χ0n) is 8.78. The molecule has 1 fully saturated rings. The Kier molecular flexibility index (Phi) is 3.12. The Labute approximate surface area is 97.8 Å². The average Bonchev–Trinajstić information content (AvgIpc) is 2.18. The van der Waals surface area contributed by atoms with E-state index in [2.05, 4.69) is 29.8 Å². The van der Waals surface area contributed by atoms with Gasteiger partial charge >= 0.3 is 0 Å². The molecular weight excluding hydrogens is 259 g/mol. The summed E-state index contributed by atoms with van der Waals surface area (Å²) in [5.41, 5.74) is 1.04. The minimum absolute atomic E-state index is 0.0676. The van der Waals surface area contributed by atoms with Crippen molar-refractivity contribution >= 4 is 15.9 Å². The zero-order chi connectivity index (χ0) is 11.0. The first-order valence-corrected chi connectivity index (χ1v) is 6.06. The first kappa shape index (κ1) is 11.1. The molecule has 1 nitrogen and oxygen atoms in total. The van der Waals surface area contributed by atoms with Crippen LogP contribution in [0.2, 0.25) is 0 Å². The van der Waals surface area contributed by atoms with Gasteiger partial charge in [0, 0.05) is 0 Å². The highest BCUT2D eigenvalue weighted by molar-refractivity contribution is 9.09. The van der Waals surface area contributed by atoms with E-state index >= 15 is 0 Å². The van der Waals surface area contributed by atoms with Gasteiger partial charge in [-0.1, -0.05) is 41.9 Å². The number of hydrogen-bond acceptors (Lipinski definition) is 1. The molecule has 1 aliphatic rings. The second-order valence-corrected chi connectivity index (χ2v) is 5.32. The maximum Gasteiger partial charge on any atom is 0.123 e.